The summed E-state index contributed by atoms with van der Waals surface area (Å²) in [5.41, 5.74) is 11.6. The summed E-state index contributed by atoms with van der Waals surface area (Å²) >= 11 is 2.54. The smallest absolute Gasteiger partial charge is 0.234 e. The first-order valence-electron chi connectivity index (χ1n) is 13.5. The van der Waals surface area contributed by atoms with Gasteiger partial charge in [-0.25, -0.2) is 0 Å². The van der Waals surface area contributed by atoms with Crippen molar-refractivity contribution in [1.29, 1.82) is 5.26 Å². The lowest BCUT2D eigenvalue weighted by molar-refractivity contribution is -0.118. The van der Waals surface area contributed by atoms with E-state index in [2.05, 4.69) is 21.6 Å². The molecule has 0 fully saturated rings. The number of ketones is 1. The lowest BCUT2D eigenvalue weighted by Gasteiger charge is -2.42. The van der Waals surface area contributed by atoms with Gasteiger partial charge in [-0.15, -0.1) is 10.2 Å². The van der Waals surface area contributed by atoms with Crippen LogP contribution in [0.3, 0.4) is 0 Å². The number of Topliss-reactive ketones (excluding diaryl/α,β-unsaturated/α-hetero) is 1. The number of hydrogen-bond donors (Lipinski definition) is 2. The second-order valence-electron chi connectivity index (χ2n) is 11.2. The molecule has 1 amide bonds. The van der Waals surface area contributed by atoms with Gasteiger partial charge in [-0.2, -0.15) is 5.26 Å². The first kappa shape index (κ1) is 29.4. The first-order chi connectivity index (χ1) is 20.0. The van der Waals surface area contributed by atoms with Crippen LogP contribution in [0.15, 0.2) is 69.5 Å². The predicted molar refractivity (Wildman–Crippen MR) is 165 cm³/mol. The number of nitrogens with one attached hydrogen (secondary N) is 1. The number of ether oxygens (including phenoxy) is 1. The monoisotopic (exact) mass is 600 g/mol. The van der Waals surface area contributed by atoms with Crippen molar-refractivity contribution in [2.24, 2.45) is 11.1 Å². The van der Waals surface area contributed by atoms with Crippen LogP contribution in [0.4, 0.5) is 10.8 Å². The van der Waals surface area contributed by atoms with Gasteiger partial charge in [-0.05, 0) is 54.5 Å². The molecule has 5 rings (SSSR count). The van der Waals surface area contributed by atoms with Gasteiger partial charge in [0.15, 0.2) is 10.1 Å². The van der Waals surface area contributed by atoms with Gasteiger partial charge in [0.1, 0.15) is 11.6 Å². The van der Waals surface area contributed by atoms with Gasteiger partial charge in [0.25, 0.3) is 0 Å². The van der Waals surface area contributed by atoms with Gasteiger partial charge in [0, 0.05) is 23.4 Å². The predicted octanol–water partition coefficient (Wildman–Crippen LogP) is 5.84. The van der Waals surface area contributed by atoms with Crippen molar-refractivity contribution in [1.82, 2.24) is 10.2 Å². The normalized spacial score (nSPS) is 18.0. The highest BCUT2D eigenvalue weighted by Crippen LogP contribution is 2.50. The lowest BCUT2D eigenvalue weighted by atomic mass is 9.68. The molecular weight excluding hydrogens is 569 g/mol. The number of thioether (sulfide) groups is 1. The van der Waals surface area contributed by atoms with E-state index in [-0.39, 0.29) is 34.3 Å². The molecular formula is C31H32N6O3S2. The Morgan fingerprint density at radius 3 is 2.52 bits per heavy atom. The quantitative estimate of drug-likeness (QED) is 0.321. The van der Waals surface area contributed by atoms with Gasteiger partial charge in [0.2, 0.25) is 11.0 Å². The highest BCUT2D eigenvalue weighted by molar-refractivity contribution is 8.01. The van der Waals surface area contributed by atoms with Gasteiger partial charge in [-0.1, -0.05) is 67.3 Å². The largest absolute Gasteiger partial charge is 0.497 e. The van der Waals surface area contributed by atoms with Crippen LogP contribution >= 0.6 is 23.1 Å². The summed E-state index contributed by atoms with van der Waals surface area (Å²) in [4.78, 5) is 28.2. The van der Waals surface area contributed by atoms with Crippen molar-refractivity contribution in [3.63, 3.8) is 0 Å². The second-order valence-corrected chi connectivity index (χ2v) is 13.4. The molecule has 9 nitrogen and oxygen atoms in total. The Hall–Kier alpha value is -4.14. The zero-order valence-electron chi connectivity index (χ0n) is 24.1. The first-order valence-corrected chi connectivity index (χ1v) is 15.3. The minimum absolute atomic E-state index is 0.0189. The number of benzene rings is 2. The fourth-order valence-corrected chi connectivity index (χ4v) is 7.20. The molecule has 1 aromatic heterocycles. The molecule has 1 atom stereocenters. The van der Waals surface area contributed by atoms with Crippen molar-refractivity contribution in [3.05, 3.63) is 81.8 Å². The van der Waals surface area contributed by atoms with Crippen molar-refractivity contribution in [3.8, 4) is 11.8 Å². The molecule has 0 bridgehead atoms. The fourth-order valence-electron chi connectivity index (χ4n) is 5.52. The summed E-state index contributed by atoms with van der Waals surface area (Å²) < 4.78 is 5.89. The number of rotatable bonds is 7. The zero-order valence-corrected chi connectivity index (χ0v) is 25.8. The molecule has 0 spiro atoms. The lowest BCUT2D eigenvalue weighted by Crippen LogP contribution is -2.42. The highest BCUT2D eigenvalue weighted by Gasteiger charge is 2.45. The maximum atomic E-state index is 13.7. The van der Waals surface area contributed by atoms with E-state index in [0.29, 0.717) is 33.6 Å². The average Bonchev–Trinajstić information content (AvgIpc) is 3.41. The SMILES string of the molecule is COc1ccc(C2C(C#N)=C(N)N(c3nnc(SCC(=O)Nc4c(C)cccc4C)s3)C3=C2C(=O)CC(C)(C)C3)cc1. The van der Waals surface area contributed by atoms with Crippen LogP contribution in [-0.2, 0) is 9.59 Å². The second kappa shape index (κ2) is 11.6. The molecule has 1 aliphatic carbocycles. The zero-order chi connectivity index (χ0) is 30.2. The summed E-state index contributed by atoms with van der Waals surface area (Å²) in [7, 11) is 1.59. The molecule has 0 radical (unpaired) electrons. The van der Waals surface area contributed by atoms with Crippen molar-refractivity contribution in [2.45, 2.75) is 50.8 Å². The van der Waals surface area contributed by atoms with E-state index in [1.54, 1.807) is 12.0 Å². The van der Waals surface area contributed by atoms with Gasteiger partial charge in [-0.3, -0.25) is 14.5 Å². The van der Waals surface area contributed by atoms with E-state index in [0.717, 1.165) is 28.1 Å². The van der Waals surface area contributed by atoms with Crippen LogP contribution < -0.4 is 20.7 Å². The van der Waals surface area contributed by atoms with Crippen LogP contribution in [0.25, 0.3) is 0 Å². The topological polar surface area (TPSA) is 134 Å². The molecule has 216 valence electrons. The van der Waals surface area contributed by atoms with Crippen molar-refractivity contribution < 1.29 is 14.3 Å². The van der Waals surface area contributed by atoms with Crippen molar-refractivity contribution in [2.75, 3.05) is 23.1 Å². The van der Waals surface area contributed by atoms with E-state index >= 15 is 0 Å². The Bertz CT molecular complexity index is 1650. The Morgan fingerprint density at radius 1 is 1.19 bits per heavy atom. The Balaban J connectivity index is 1.46. The number of nitrogens with two attached hydrogens (primary N) is 1. The third-order valence-electron chi connectivity index (χ3n) is 7.49. The molecule has 3 N–H and O–H groups in total. The Kier molecular flexibility index (Phi) is 8.12. The Labute approximate surface area is 253 Å². The number of methoxy groups -OCH3 is 1. The molecule has 1 aliphatic heterocycles. The molecule has 42 heavy (non-hydrogen) atoms. The number of amides is 1. The van der Waals surface area contributed by atoms with E-state index in [1.165, 1.54) is 23.1 Å². The molecule has 2 aromatic carbocycles. The molecule has 3 aromatic rings. The molecule has 2 heterocycles. The van der Waals surface area contributed by atoms with Crippen molar-refractivity contribution >= 4 is 45.6 Å². The van der Waals surface area contributed by atoms with Gasteiger partial charge < -0.3 is 15.8 Å². The molecule has 0 saturated carbocycles. The summed E-state index contributed by atoms with van der Waals surface area (Å²) in [6, 6.07) is 15.5. The standard InChI is InChI=1S/C31H32N6O3S2/c1-17-7-6-8-18(2)27(17)34-24(39)16-41-30-36-35-29(42-30)37-22-13-31(3,4)14-23(38)26(22)25(21(15-32)28(37)33)19-9-11-20(40-5)12-10-19/h6-12,25H,13-14,16,33H2,1-5H3,(H,34,39). The summed E-state index contributed by atoms with van der Waals surface area (Å²) in [5.74, 6) is 0.295. The van der Waals surface area contributed by atoms with Crippen LogP contribution in [0, 0.1) is 30.6 Å². The number of aryl methyl sites for hydroxylation is 2. The Morgan fingerprint density at radius 2 is 1.88 bits per heavy atom. The van der Waals surface area contributed by atoms with E-state index in [9.17, 15) is 14.9 Å². The van der Waals surface area contributed by atoms with Crippen LogP contribution in [0.5, 0.6) is 5.75 Å². The summed E-state index contributed by atoms with van der Waals surface area (Å²) in [6.07, 6.45) is 0.929. The molecule has 0 saturated heterocycles. The number of allylic oxidation sites excluding steroid dienone is 3. The highest BCUT2D eigenvalue weighted by atomic mass is 32.2. The minimum Gasteiger partial charge on any atom is -0.497 e. The van der Waals surface area contributed by atoms with Gasteiger partial charge in [0.05, 0.1) is 30.4 Å². The maximum Gasteiger partial charge on any atom is 0.234 e. The third kappa shape index (κ3) is 5.65. The number of anilines is 2. The maximum absolute atomic E-state index is 13.7. The number of hydrogen-bond acceptors (Lipinski definition) is 10. The molecule has 2 aliphatic rings. The summed E-state index contributed by atoms with van der Waals surface area (Å²) in [5, 5.41) is 22.4. The average molecular weight is 601 g/mol. The fraction of sp³-hybridized carbons (Fsp3) is 0.323. The van der Waals surface area contributed by atoms with Crippen LogP contribution in [0.2, 0.25) is 0 Å². The van der Waals surface area contributed by atoms with Crippen LogP contribution in [0.1, 0.15) is 49.3 Å². The number of aromatic nitrogens is 2. The number of para-hydroxylation sites is 1. The van der Waals surface area contributed by atoms with Crippen LogP contribution in [-0.4, -0.2) is 34.8 Å². The minimum atomic E-state index is -0.592. The number of carbonyl (C=O) groups is 2. The van der Waals surface area contributed by atoms with Gasteiger partial charge >= 0.3 is 0 Å². The third-order valence-corrected chi connectivity index (χ3v) is 9.53. The van der Waals surface area contributed by atoms with E-state index in [1.807, 2.05) is 70.2 Å². The van der Waals surface area contributed by atoms with E-state index < -0.39 is 5.92 Å². The number of nitrogens with zero attached hydrogens (tertiary/aromatic N) is 4. The van der Waals surface area contributed by atoms with E-state index in [4.69, 9.17) is 10.5 Å². The molecule has 11 heteroatoms. The number of nitriles is 1. The summed E-state index contributed by atoms with van der Waals surface area (Å²) in [6.45, 7) is 8.01. The molecule has 1 unspecified atom stereocenters. The number of carbonyl (C=O) groups excluding carboxylic acids is 2.